The van der Waals surface area contributed by atoms with Gasteiger partial charge < -0.3 is 5.32 Å². The first-order chi connectivity index (χ1) is 9.25. The number of alkyl halides is 3. The van der Waals surface area contributed by atoms with E-state index in [2.05, 4.69) is 19.2 Å². The van der Waals surface area contributed by atoms with Crippen molar-refractivity contribution in [3.8, 4) is 0 Å². The van der Waals surface area contributed by atoms with Crippen molar-refractivity contribution in [3.63, 3.8) is 0 Å². The monoisotopic (exact) mass is 289 g/mol. The van der Waals surface area contributed by atoms with Gasteiger partial charge in [-0.05, 0) is 49.3 Å². The summed E-state index contributed by atoms with van der Waals surface area (Å²) in [6.07, 6.45) is -1.52. The topological polar surface area (TPSA) is 12.0 Å². The van der Waals surface area contributed by atoms with Crippen molar-refractivity contribution < 1.29 is 17.6 Å². The molecule has 2 unspecified atom stereocenters. The van der Waals surface area contributed by atoms with E-state index in [1.165, 1.54) is 6.07 Å². The van der Waals surface area contributed by atoms with E-state index in [4.69, 9.17) is 0 Å². The number of anilines is 1. The first-order valence-electron chi connectivity index (χ1n) is 6.89. The lowest BCUT2D eigenvalue weighted by Crippen LogP contribution is -2.30. The van der Waals surface area contributed by atoms with Gasteiger partial charge in [0.1, 0.15) is 5.82 Å². The minimum atomic E-state index is -4.51. The van der Waals surface area contributed by atoms with Crippen LogP contribution in [0.25, 0.3) is 0 Å². The predicted octanol–water partition coefficient (Wildman–Crippen LogP) is 5.08. The first-order valence-corrected chi connectivity index (χ1v) is 6.89. The Morgan fingerprint density at radius 1 is 1.05 bits per heavy atom. The zero-order valence-corrected chi connectivity index (χ0v) is 11.6. The molecule has 0 aromatic heterocycles. The van der Waals surface area contributed by atoms with E-state index in [-0.39, 0.29) is 11.7 Å². The van der Waals surface area contributed by atoms with Gasteiger partial charge in [0.2, 0.25) is 0 Å². The van der Waals surface area contributed by atoms with Gasteiger partial charge in [-0.2, -0.15) is 13.2 Å². The Morgan fingerprint density at radius 3 is 2.15 bits per heavy atom. The molecule has 0 amide bonds. The number of nitrogens with one attached hydrogen (secondary N) is 1. The SMILES string of the molecule is CC1CC(C)CC(Nc2ccc(C(F)(F)F)cc2F)C1. The molecule has 1 N–H and O–H groups in total. The maximum absolute atomic E-state index is 13.8. The standard InChI is InChI=1S/C15H19F4N/c1-9-5-10(2)7-12(6-9)20-14-4-3-11(8-13(14)16)15(17,18)19/h3-4,8-10,12,20H,5-7H2,1-2H3. The molecule has 1 aromatic rings. The Morgan fingerprint density at radius 2 is 1.65 bits per heavy atom. The van der Waals surface area contributed by atoms with Crippen molar-refractivity contribution in [3.05, 3.63) is 29.6 Å². The van der Waals surface area contributed by atoms with Crippen LogP contribution < -0.4 is 5.32 Å². The second-order valence-corrected chi connectivity index (χ2v) is 5.95. The summed E-state index contributed by atoms with van der Waals surface area (Å²) >= 11 is 0. The van der Waals surface area contributed by atoms with Crippen LogP contribution in [0.15, 0.2) is 18.2 Å². The van der Waals surface area contributed by atoms with Gasteiger partial charge in [-0.25, -0.2) is 4.39 Å². The minimum absolute atomic E-state index is 0.125. The molecule has 1 aliphatic rings. The molecule has 0 saturated heterocycles. The van der Waals surface area contributed by atoms with Crippen molar-refractivity contribution >= 4 is 5.69 Å². The third kappa shape index (κ3) is 3.64. The van der Waals surface area contributed by atoms with Gasteiger partial charge in [0.15, 0.2) is 0 Å². The molecule has 0 aliphatic heterocycles. The van der Waals surface area contributed by atoms with E-state index in [9.17, 15) is 17.6 Å². The van der Waals surface area contributed by atoms with Crippen LogP contribution >= 0.6 is 0 Å². The molecule has 1 aliphatic carbocycles. The third-order valence-electron chi connectivity index (χ3n) is 3.83. The van der Waals surface area contributed by atoms with Crippen molar-refractivity contribution in [2.45, 2.75) is 45.3 Å². The summed E-state index contributed by atoms with van der Waals surface area (Å²) in [7, 11) is 0. The van der Waals surface area contributed by atoms with Crippen LogP contribution in [-0.4, -0.2) is 6.04 Å². The van der Waals surface area contributed by atoms with Crippen LogP contribution in [0.3, 0.4) is 0 Å². The summed E-state index contributed by atoms with van der Waals surface area (Å²) in [5, 5.41) is 3.05. The molecule has 1 aromatic carbocycles. The van der Waals surface area contributed by atoms with Gasteiger partial charge in [-0.3, -0.25) is 0 Å². The van der Waals surface area contributed by atoms with Gasteiger partial charge >= 0.3 is 6.18 Å². The number of halogens is 4. The van der Waals surface area contributed by atoms with E-state index in [0.29, 0.717) is 17.9 Å². The summed E-state index contributed by atoms with van der Waals surface area (Å²) in [5.74, 6) is 0.258. The highest BCUT2D eigenvalue weighted by Gasteiger charge is 2.31. The van der Waals surface area contributed by atoms with Crippen LogP contribution in [0, 0.1) is 17.7 Å². The van der Waals surface area contributed by atoms with Gasteiger partial charge in [-0.1, -0.05) is 13.8 Å². The Kier molecular flexibility index (Phi) is 4.25. The van der Waals surface area contributed by atoms with Gasteiger partial charge in [0.05, 0.1) is 11.3 Å². The number of rotatable bonds is 2. The summed E-state index contributed by atoms with van der Waals surface area (Å²) < 4.78 is 51.2. The lowest BCUT2D eigenvalue weighted by molar-refractivity contribution is -0.137. The van der Waals surface area contributed by atoms with Crippen LogP contribution in [0.5, 0.6) is 0 Å². The fourth-order valence-corrected chi connectivity index (χ4v) is 3.09. The van der Waals surface area contributed by atoms with Crippen LogP contribution in [0.2, 0.25) is 0 Å². The van der Waals surface area contributed by atoms with E-state index in [1.54, 1.807) is 0 Å². The molecule has 112 valence electrons. The molecule has 0 bridgehead atoms. The molecule has 2 rings (SSSR count). The average Bonchev–Trinajstić information content (AvgIpc) is 2.29. The van der Waals surface area contributed by atoms with Crippen LogP contribution in [0.4, 0.5) is 23.2 Å². The molecular formula is C15H19F4N. The second-order valence-electron chi connectivity index (χ2n) is 5.95. The van der Waals surface area contributed by atoms with Gasteiger partial charge in [0.25, 0.3) is 0 Å². The Balaban J connectivity index is 2.10. The van der Waals surface area contributed by atoms with E-state index < -0.39 is 17.6 Å². The molecule has 5 heteroatoms. The van der Waals surface area contributed by atoms with Crippen LogP contribution in [-0.2, 0) is 6.18 Å². The van der Waals surface area contributed by atoms with Gasteiger partial charge in [0, 0.05) is 6.04 Å². The largest absolute Gasteiger partial charge is 0.416 e. The smallest absolute Gasteiger partial charge is 0.380 e. The molecule has 0 radical (unpaired) electrons. The lowest BCUT2D eigenvalue weighted by atomic mass is 9.80. The molecule has 2 atom stereocenters. The highest BCUT2D eigenvalue weighted by Crippen LogP contribution is 2.33. The van der Waals surface area contributed by atoms with E-state index in [1.807, 2.05) is 0 Å². The maximum atomic E-state index is 13.8. The number of benzene rings is 1. The normalized spacial score (nSPS) is 27.4. The molecule has 0 spiro atoms. The molecule has 1 fully saturated rings. The fourth-order valence-electron chi connectivity index (χ4n) is 3.09. The summed E-state index contributed by atoms with van der Waals surface area (Å²) in [5.41, 5.74) is -0.796. The fraction of sp³-hybridized carbons (Fsp3) is 0.600. The van der Waals surface area contributed by atoms with Crippen molar-refractivity contribution in [2.24, 2.45) is 11.8 Å². The van der Waals surface area contributed by atoms with Crippen LogP contribution in [0.1, 0.15) is 38.7 Å². The summed E-state index contributed by atoms with van der Waals surface area (Å²) in [6.45, 7) is 4.29. The second kappa shape index (κ2) is 5.62. The summed E-state index contributed by atoms with van der Waals surface area (Å²) in [4.78, 5) is 0. The summed E-state index contributed by atoms with van der Waals surface area (Å²) in [6, 6.07) is 2.78. The minimum Gasteiger partial charge on any atom is -0.380 e. The number of hydrogen-bond donors (Lipinski definition) is 1. The number of hydrogen-bond acceptors (Lipinski definition) is 1. The Bertz CT molecular complexity index is 459. The third-order valence-corrected chi connectivity index (χ3v) is 3.83. The molecule has 1 nitrogen and oxygen atoms in total. The van der Waals surface area contributed by atoms with Gasteiger partial charge in [-0.15, -0.1) is 0 Å². The molecule has 20 heavy (non-hydrogen) atoms. The zero-order chi connectivity index (χ0) is 14.9. The maximum Gasteiger partial charge on any atom is 0.416 e. The Labute approximate surface area is 116 Å². The molecular weight excluding hydrogens is 270 g/mol. The predicted molar refractivity (Wildman–Crippen MR) is 71.0 cm³/mol. The average molecular weight is 289 g/mol. The van der Waals surface area contributed by atoms with E-state index in [0.717, 1.165) is 25.3 Å². The van der Waals surface area contributed by atoms with E-state index >= 15 is 0 Å². The Hall–Kier alpha value is -1.26. The highest BCUT2D eigenvalue weighted by molar-refractivity contribution is 5.47. The quantitative estimate of drug-likeness (QED) is 0.748. The molecule has 1 saturated carbocycles. The molecule has 0 heterocycles. The van der Waals surface area contributed by atoms with Crippen molar-refractivity contribution in [1.29, 1.82) is 0 Å². The zero-order valence-electron chi connectivity index (χ0n) is 11.6. The first kappa shape index (κ1) is 15.1. The lowest BCUT2D eigenvalue weighted by Gasteiger charge is -2.32. The van der Waals surface area contributed by atoms with Crippen molar-refractivity contribution in [1.82, 2.24) is 0 Å². The highest BCUT2D eigenvalue weighted by atomic mass is 19.4. The van der Waals surface area contributed by atoms with Crippen molar-refractivity contribution in [2.75, 3.05) is 5.32 Å².